The SMILES string of the molecule is CC(=O)N1CCN=C1Nc1cc(C)nn1-c1cccc(C(F)(F)F)c1.Cc1cc(N)n(-c2cccc(C(F)(F)F)c2)n1. The van der Waals surface area contributed by atoms with Gasteiger partial charge in [-0.2, -0.15) is 36.5 Å². The quantitative estimate of drug-likeness (QED) is 0.301. The molecule has 1 aliphatic rings. The van der Waals surface area contributed by atoms with Gasteiger partial charge < -0.3 is 11.1 Å². The van der Waals surface area contributed by atoms with Crippen LogP contribution in [0, 0.1) is 13.8 Å². The maximum Gasteiger partial charge on any atom is 0.416 e. The molecule has 0 unspecified atom stereocenters. The molecule has 0 radical (unpaired) electrons. The van der Waals surface area contributed by atoms with Crippen LogP contribution in [0.5, 0.6) is 0 Å². The van der Waals surface area contributed by atoms with E-state index in [1.54, 1.807) is 26.0 Å². The number of amides is 1. The highest BCUT2D eigenvalue weighted by Crippen LogP contribution is 2.32. The van der Waals surface area contributed by atoms with Gasteiger partial charge in [-0.15, -0.1) is 0 Å². The Kier molecular flexibility index (Phi) is 8.31. The van der Waals surface area contributed by atoms with Gasteiger partial charge in [-0.1, -0.05) is 12.1 Å². The van der Waals surface area contributed by atoms with Crippen LogP contribution < -0.4 is 11.1 Å². The molecular formula is C27H26F6N8O. The van der Waals surface area contributed by atoms with Gasteiger partial charge in [0.25, 0.3) is 0 Å². The Hall–Kier alpha value is -4.82. The average molecular weight is 593 g/mol. The predicted octanol–water partition coefficient (Wildman–Crippen LogP) is 5.61. The van der Waals surface area contributed by atoms with Gasteiger partial charge in [-0.05, 0) is 50.2 Å². The number of nitrogens with two attached hydrogens (primary N) is 1. The lowest BCUT2D eigenvalue weighted by Crippen LogP contribution is -2.37. The van der Waals surface area contributed by atoms with E-state index in [0.29, 0.717) is 47.8 Å². The second-order valence-corrected chi connectivity index (χ2v) is 9.30. The Bertz CT molecular complexity index is 1620. The van der Waals surface area contributed by atoms with E-state index < -0.39 is 23.5 Å². The van der Waals surface area contributed by atoms with Gasteiger partial charge in [-0.25, -0.2) is 9.36 Å². The number of aliphatic imine (C=N–C) groups is 1. The zero-order valence-electron chi connectivity index (χ0n) is 22.6. The number of nitrogen functional groups attached to an aromatic ring is 1. The molecule has 2 aromatic heterocycles. The first-order valence-electron chi connectivity index (χ1n) is 12.5. The number of alkyl halides is 6. The lowest BCUT2D eigenvalue weighted by molar-refractivity contribution is -0.138. The molecule has 0 bridgehead atoms. The minimum atomic E-state index is -4.44. The normalized spacial score (nSPS) is 13.5. The van der Waals surface area contributed by atoms with Gasteiger partial charge in [0.2, 0.25) is 11.9 Å². The molecule has 222 valence electrons. The number of carbonyl (C=O) groups excluding carboxylic acids is 1. The summed E-state index contributed by atoms with van der Waals surface area (Å²) < 4.78 is 79.1. The fraction of sp³-hybridized carbons (Fsp3) is 0.259. The summed E-state index contributed by atoms with van der Waals surface area (Å²) in [6.07, 6.45) is -8.81. The number of rotatable bonds is 3. The summed E-state index contributed by atoms with van der Waals surface area (Å²) in [4.78, 5) is 17.3. The number of benzene rings is 2. The summed E-state index contributed by atoms with van der Waals surface area (Å²) in [6.45, 7) is 5.82. The van der Waals surface area contributed by atoms with E-state index in [2.05, 4.69) is 20.5 Å². The van der Waals surface area contributed by atoms with Gasteiger partial charge in [0.05, 0.1) is 40.4 Å². The number of anilines is 2. The van der Waals surface area contributed by atoms with Crippen molar-refractivity contribution in [3.05, 3.63) is 83.2 Å². The number of nitrogens with one attached hydrogen (secondary N) is 1. The van der Waals surface area contributed by atoms with Crippen LogP contribution in [0.15, 0.2) is 65.7 Å². The molecule has 0 fully saturated rings. The van der Waals surface area contributed by atoms with E-state index in [4.69, 9.17) is 5.73 Å². The largest absolute Gasteiger partial charge is 0.416 e. The van der Waals surface area contributed by atoms with Crippen LogP contribution in [0.3, 0.4) is 0 Å². The molecule has 0 atom stereocenters. The molecule has 0 saturated heterocycles. The second-order valence-electron chi connectivity index (χ2n) is 9.30. The molecule has 5 rings (SSSR count). The third kappa shape index (κ3) is 6.90. The van der Waals surface area contributed by atoms with Crippen molar-refractivity contribution in [1.82, 2.24) is 24.5 Å². The number of guanidine groups is 1. The molecule has 0 aliphatic carbocycles. The second kappa shape index (κ2) is 11.6. The minimum Gasteiger partial charge on any atom is -0.384 e. The van der Waals surface area contributed by atoms with Gasteiger partial charge in [0.1, 0.15) is 11.6 Å². The minimum absolute atomic E-state index is 0.161. The summed E-state index contributed by atoms with van der Waals surface area (Å²) in [5.74, 6) is 0.941. The van der Waals surface area contributed by atoms with Crippen molar-refractivity contribution in [1.29, 1.82) is 0 Å². The molecule has 9 nitrogen and oxygen atoms in total. The summed E-state index contributed by atoms with van der Waals surface area (Å²) in [5.41, 5.74) is 6.01. The van der Waals surface area contributed by atoms with Gasteiger partial charge >= 0.3 is 12.4 Å². The van der Waals surface area contributed by atoms with E-state index in [1.165, 1.54) is 45.5 Å². The molecule has 4 aromatic rings. The maximum atomic E-state index is 12.9. The van der Waals surface area contributed by atoms with Crippen molar-refractivity contribution in [2.45, 2.75) is 33.1 Å². The first kappa shape index (κ1) is 30.1. The van der Waals surface area contributed by atoms with Gasteiger partial charge in [0.15, 0.2) is 0 Å². The van der Waals surface area contributed by atoms with Crippen LogP contribution in [0.25, 0.3) is 11.4 Å². The van der Waals surface area contributed by atoms with Gasteiger partial charge in [-0.3, -0.25) is 14.7 Å². The highest BCUT2D eigenvalue weighted by molar-refractivity contribution is 6.04. The van der Waals surface area contributed by atoms with Crippen molar-refractivity contribution >= 4 is 23.5 Å². The van der Waals surface area contributed by atoms with Crippen LogP contribution >= 0.6 is 0 Å². The highest BCUT2D eigenvalue weighted by Gasteiger charge is 2.32. The number of aromatic nitrogens is 4. The third-order valence-corrected chi connectivity index (χ3v) is 5.99. The molecule has 1 aliphatic heterocycles. The molecule has 1 amide bonds. The molecule has 0 saturated carbocycles. The molecule has 15 heteroatoms. The molecule has 2 aromatic carbocycles. The molecule has 0 spiro atoms. The van der Waals surface area contributed by atoms with Crippen LogP contribution in [-0.4, -0.2) is 49.4 Å². The van der Waals surface area contributed by atoms with E-state index in [9.17, 15) is 31.1 Å². The number of carbonyl (C=O) groups is 1. The highest BCUT2D eigenvalue weighted by atomic mass is 19.4. The van der Waals surface area contributed by atoms with Crippen LogP contribution in [-0.2, 0) is 17.1 Å². The number of nitrogens with zero attached hydrogens (tertiary/aromatic N) is 6. The van der Waals surface area contributed by atoms with E-state index in [1.807, 2.05) is 0 Å². The molecule has 3 heterocycles. The first-order valence-corrected chi connectivity index (χ1v) is 12.5. The summed E-state index contributed by atoms with van der Waals surface area (Å²) >= 11 is 0. The van der Waals surface area contributed by atoms with Crippen LogP contribution in [0.4, 0.5) is 38.0 Å². The zero-order chi connectivity index (χ0) is 30.8. The molecule has 42 heavy (non-hydrogen) atoms. The third-order valence-electron chi connectivity index (χ3n) is 5.99. The monoisotopic (exact) mass is 592 g/mol. The summed E-state index contributed by atoms with van der Waals surface area (Å²) in [6, 6.07) is 13.0. The lowest BCUT2D eigenvalue weighted by Gasteiger charge is -2.18. The Labute approximate surface area is 236 Å². The zero-order valence-corrected chi connectivity index (χ0v) is 22.6. The topological polar surface area (TPSA) is 106 Å². The summed E-state index contributed by atoms with van der Waals surface area (Å²) in [5, 5.41) is 11.3. The standard InChI is InChI=1S/C16H16F3N5O.C11H10F3N3/c1-10-8-14(21-15-20-6-7-23(15)11(2)25)24(22-10)13-5-3-4-12(9-13)16(17,18)19;1-7-5-10(15)17(16-7)9-4-2-3-8(6-9)11(12,13)14/h3-5,8-9H,6-7H2,1-2H3,(H,20,21);2-6H,15H2,1H3. The fourth-order valence-electron chi connectivity index (χ4n) is 4.11. The lowest BCUT2D eigenvalue weighted by atomic mass is 10.2. The van der Waals surface area contributed by atoms with Crippen molar-refractivity contribution in [3.63, 3.8) is 0 Å². The average Bonchev–Trinajstić information content (AvgIpc) is 3.62. The van der Waals surface area contributed by atoms with Crippen molar-refractivity contribution in [3.8, 4) is 11.4 Å². The van der Waals surface area contributed by atoms with Crippen LogP contribution in [0.1, 0.15) is 29.4 Å². The van der Waals surface area contributed by atoms with E-state index in [0.717, 1.165) is 24.3 Å². The Balaban J connectivity index is 0.000000208. The van der Waals surface area contributed by atoms with E-state index in [-0.39, 0.29) is 11.6 Å². The maximum absolute atomic E-state index is 12.9. The van der Waals surface area contributed by atoms with Crippen molar-refractivity contribution in [2.75, 3.05) is 24.1 Å². The fourth-order valence-corrected chi connectivity index (χ4v) is 4.11. The number of aryl methyl sites for hydroxylation is 2. The summed E-state index contributed by atoms with van der Waals surface area (Å²) in [7, 11) is 0. The number of hydrogen-bond acceptors (Lipinski definition) is 6. The van der Waals surface area contributed by atoms with Gasteiger partial charge in [0, 0.05) is 25.6 Å². The smallest absolute Gasteiger partial charge is 0.384 e. The first-order chi connectivity index (χ1) is 19.6. The Morgan fingerprint density at radius 1 is 0.833 bits per heavy atom. The predicted molar refractivity (Wildman–Crippen MR) is 144 cm³/mol. The Morgan fingerprint density at radius 3 is 1.86 bits per heavy atom. The van der Waals surface area contributed by atoms with Crippen molar-refractivity contribution < 1.29 is 31.1 Å². The molecular weight excluding hydrogens is 566 g/mol. The number of halogens is 6. The van der Waals surface area contributed by atoms with Crippen LogP contribution in [0.2, 0.25) is 0 Å². The molecule has 3 N–H and O–H groups in total. The van der Waals surface area contributed by atoms with E-state index >= 15 is 0 Å². The Morgan fingerprint density at radius 2 is 1.36 bits per heavy atom. The van der Waals surface area contributed by atoms with Crippen molar-refractivity contribution in [2.24, 2.45) is 4.99 Å². The number of hydrogen-bond donors (Lipinski definition) is 2.